The van der Waals surface area contributed by atoms with Crippen LogP contribution in [0, 0.1) is 23.2 Å². The molecule has 38 heavy (non-hydrogen) atoms. The van der Waals surface area contributed by atoms with Crippen LogP contribution >= 0.6 is 11.6 Å². The molecule has 2 aromatic rings. The number of hydrogen-bond donors (Lipinski definition) is 1. The maximum Gasteiger partial charge on any atom is 0.311 e. The fourth-order valence-electron chi connectivity index (χ4n) is 7.65. The third-order valence-corrected chi connectivity index (χ3v) is 10.4. The van der Waals surface area contributed by atoms with Crippen molar-refractivity contribution in [3.8, 4) is 0 Å². The van der Waals surface area contributed by atoms with Gasteiger partial charge in [0.1, 0.15) is 6.10 Å². The molecule has 6 rings (SSSR count). The Bertz CT molecular complexity index is 1180. The van der Waals surface area contributed by atoms with E-state index in [0.29, 0.717) is 12.5 Å². The molecule has 6 heteroatoms. The summed E-state index contributed by atoms with van der Waals surface area (Å²) < 4.78 is 5.92. The number of piperazine rings is 1. The van der Waals surface area contributed by atoms with Gasteiger partial charge in [0.15, 0.2) is 0 Å². The van der Waals surface area contributed by atoms with Crippen molar-refractivity contribution in [2.45, 2.75) is 51.4 Å². The van der Waals surface area contributed by atoms with E-state index in [9.17, 15) is 9.90 Å². The van der Waals surface area contributed by atoms with Gasteiger partial charge in [-0.1, -0.05) is 79.6 Å². The van der Waals surface area contributed by atoms with Crippen molar-refractivity contribution in [2.75, 3.05) is 32.7 Å². The van der Waals surface area contributed by atoms with E-state index in [1.54, 1.807) is 0 Å². The highest BCUT2D eigenvalue weighted by atomic mass is 35.5. The molecule has 0 radical (unpaired) electrons. The number of ether oxygens (including phenoxy) is 1. The van der Waals surface area contributed by atoms with Gasteiger partial charge in [-0.2, -0.15) is 0 Å². The number of fused-ring (bicyclic) bond motifs is 2. The highest BCUT2D eigenvalue weighted by Crippen LogP contribution is 2.56. The van der Waals surface area contributed by atoms with Crippen LogP contribution in [0.25, 0.3) is 0 Å². The average Bonchev–Trinajstić information content (AvgIpc) is 3.23. The van der Waals surface area contributed by atoms with E-state index in [0.717, 1.165) is 50.5 Å². The molecule has 202 valence electrons. The fourth-order valence-corrected chi connectivity index (χ4v) is 7.78. The standard InChI is InChI=1S/C32H39ClN2O3/c1-21-7-6-10-24-19-27-28(30(36)32(21,24)2)26(31(37)38-27)20-34-15-17-35(18-16-34)29(22-8-4-3-5-9-22)23-11-13-25(33)14-12-23/h3-5,8-14,21,26-30,36H,6-7,15-20H2,1-2H3/t21-,26?,27+,28+,29?,30-,32+/m0/s1. The number of carbonyl (C=O) groups excluding carboxylic acids is 1. The van der Waals surface area contributed by atoms with Crippen LogP contribution < -0.4 is 0 Å². The number of carbonyl (C=O) groups is 1. The van der Waals surface area contributed by atoms with Crippen LogP contribution in [0.1, 0.15) is 50.3 Å². The average molecular weight is 535 g/mol. The molecule has 0 amide bonds. The predicted molar refractivity (Wildman–Crippen MR) is 150 cm³/mol. The monoisotopic (exact) mass is 534 g/mol. The molecule has 0 aromatic heterocycles. The van der Waals surface area contributed by atoms with Crippen molar-refractivity contribution >= 4 is 17.6 Å². The second kappa shape index (κ2) is 10.4. The van der Waals surface area contributed by atoms with Crippen molar-refractivity contribution in [1.29, 1.82) is 0 Å². The first kappa shape index (κ1) is 26.1. The number of allylic oxidation sites excluding steroid dienone is 1. The van der Waals surface area contributed by atoms with Crippen molar-refractivity contribution in [1.82, 2.24) is 9.80 Å². The Hall–Kier alpha value is -2.18. The summed E-state index contributed by atoms with van der Waals surface area (Å²) >= 11 is 6.19. The van der Waals surface area contributed by atoms with Gasteiger partial charge in [-0.15, -0.1) is 0 Å². The van der Waals surface area contributed by atoms with Crippen LogP contribution in [0.15, 0.2) is 66.2 Å². The minimum atomic E-state index is -0.548. The van der Waals surface area contributed by atoms with Gasteiger partial charge >= 0.3 is 5.97 Å². The van der Waals surface area contributed by atoms with Gasteiger partial charge in [0.05, 0.1) is 18.1 Å². The SMILES string of the molecule is C[C@H]1CCC=C2C[C@H]3OC(=O)C(CN4CCN(C(c5ccccc5)c5ccc(Cl)cc5)CC4)[C@H]3[C@H](O)[C@@]21C. The van der Waals surface area contributed by atoms with E-state index < -0.39 is 6.10 Å². The second-order valence-corrected chi connectivity index (χ2v) is 12.4. The van der Waals surface area contributed by atoms with Crippen LogP contribution in [0.5, 0.6) is 0 Å². The zero-order valence-corrected chi connectivity index (χ0v) is 23.2. The first-order chi connectivity index (χ1) is 18.4. The molecule has 2 aliphatic heterocycles. The molecule has 4 aliphatic rings. The Morgan fingerprint density at radius 2 is 1.74 bits per heavy atom. The highest BCUT2D eigenvalue weighted by Gasteiger charge is 2.59. The van der Waals surface area contributed by atoms with Gasteiger partial charge in [0.25, 0.3) is 0 Å². The highest BCUT2D eigenvalue weighted by molar-refractivity contribution is 6.30. The lowest BCUT2D eigenvalue weighted by Crippen LogP contribution is -2.55. The van der Waals surface area contributed by atoms with Gasteiger partial charge in [0.2, 0.25) is 0 Å². The zero-order chi connectivity index (χ0) is 26.4. The summed E-state index contributed by atoms with van der Waals surface area (Å²) in [6.07, 6.45) is 4.47. The van der Waals surface area contributed by atoms with Gasteiger partial charge in [-0.3, -0.25) is 14.6 Å². The number of esters is 1. The number of nitrogens with zero attached hydrogens (tertiary/aromatic N) is 2. The molecule has 0 spiro atoms. The molecule has 2 heterocycles. The van der Waals surface area contributed by atoms with E-state index in [1.165, 1.54) is 16.7 Å². The lowest BCUT2D eigenvalue weighted by Gasteiger charge is -2.52. The zero-order valence-electron chi connectivity index (χ0n) is 22.4. The maximum atomic E-state index is 13.1. The van der Waals surface area contributed by atoms with Crippen molar-refractivity contribution in [3.63, 3.8) is 0 Å². The van der Waals surface area contributed by atoms with Crippen LogP contribution in [-0.4, -0.2) is 65.8 Å². The van der Waals surface area contributed by atoms with E-state index in [2.05, 4.69) is 72.2 Å². The molecular weight excluding hydrogens is 496 g/mol. The Labute approximate surface area is 231 Å². The van der Waals surface area contributed by atoms with Gasteiger partial charge in [-0.05, 0) is 42.0 Å². The van der Waals surface area contributed by atoms with E-state index >= 15 is 0 Å². The number of hydrogen-bond acceptors (Lipinski definition) is 5. The summed E-state index contributed by atoms with van der Waals surface area (Å²) in [5.74, 6) is -0.119. The summed E-state index contributed by atoms with van der Waals surface area (Å²) in [6, 6.07) is 19.0. The molecule has 2 unspecified atom stereocenters. The maximum absolute atomic E-state index is 13.1. The minimum Gasteiger partial charge on any atom is -0.461 e. The van der Waals surface area contributed by atoms with E-state index in [4.69, 9.17) is 16.3 Å². The topological polar surface area (TPSA) is 53.0 Å². The van der Waals surface area contributed by atoms with Crippen LogP contribution in [-0.2, 0) is 9.53 Å². The molecule has 7 atom stereocenters. The van der Waals surface area contributed by atoms with Crippen LogP contribution in [0.3, 0.4) is 0 Å². The molecule has 2 aliphatic carbocycles. The molecule has 1 N–H and O–H groups in total. The van der Waals surface area contributed by atoms with Crippen molar-refractivity contribution < 1.29 is 14.6 Å². The van der Waals surface area contributed by atoms with Gasteiger partial charge in [0, 0.05) is 55.5 Å². The number of aliphatic hydroxyl groups is 1. The summed E-state index contributed by atoms with van der Waals surface area (Å²) in [6.45, 7) is 8.70. The van der Waals surface area contributed by atoms with Crippen molar-refractivity contribution in [2.24, 2.45) is 23.2 Å². The molecule has 1 saturated carbocycles. The number of halogens is 1. The molecule has 2 aromatic carbocycles. The molecule has 0 bridgehead atoms. The Balaban J connectivity index is 1.16. The third-order valence-electron chi connectivity index (χ3n) is 10.1. The summed E-state index contributed by atoms with van der Waals surface area (Å²) in [5.41, 5.74) is 3.54. The predicted octanol–water partition coefficient (Wildman–Crippen LogP) is 5.33. The Morgan fingerprint density at radius 1 is 1.05 bits per heavy atom. The third kappa shape index (κ3) is 4.52. The largest absolute Gasteiger partial charge is 0.461 e. The van der Waals surface area contributed by atoms with Gasteiger partial charge < -0.3 is 9.84 Å². The quantitative estimate of drug-likeness (QED) is 0.415. The molecular formula is C32H39ClN2O3. The fraction of sp³-hybridized carbons (Fsp3) is 0.531. The smallest absolute Gasteiger partial charge is 0.311 e. The first-order valence-electron chi connectivity index (χ1n) is 14.2. The number of aliphatic hydroxyl groups excluding tert-OH is 1. The van der Waals surface area contributed by atoms with Gasteiger partial charge in [-0.25, -0.2) is 0 Å². The second-order valence-electron chi connectivity index (χ2n) is 12.0. The van der Waals surface area contributed by atoms with Crippen LogP contribution in [0.2, 0.25) is 5.02 Å². The molecule has 2 saturated heterocycles. The lowest BCUT2D eigenvalue weighted by molar-refractivity contribution is -0.145. The van der Waals surface area contributed by atoms with Crippen LogP contribution in [0.4, 0.5) is 0 Å². The van der Waals surface area contributed by atoms with E-state index in [1.807, 2.05) is 12.1 Å². The Morgan fingerprint density at radius 3 is 2.45 bits per heavy atom. The molecule has 5 nitrogen and oxygen atoms in total. The summed E-state index contributed by atoms with van der Waals surface area (Å²) in [5, 5.41) is 12.4. The summed E-state index contributed by atoms with van der Waals surface area (Å²) in [4.78, 5) is 18.1. The lowest BCUT2D eigenvalue weighted by atomic mass is 9.55. The minimum absolute atomic E-state index is 0.125. The summed E-state index contributed by atoms with van der Waals surface area (Å²) in [7, 11) is 0. The molecule has 3 fully saturated rings. The number of benzene rings is 2. The van der Waals surface area contributed by atoms with Crippen molar-refractivity contribution in [3.05, 3.63) is 82.4 Å². The normalized spacial score (nSPS) is 34.7. The first-order valence-corrected chi connectivity index (χ1v) is 14.6. The number of rotatable bonds is 5. The Kier molecular flexibility index (Phi) is 7.15. The van der Waals surface area contributed by atoms with E-state index in [-0.39, 0.29) is 35.4 Å².